The van der Waals surface area contributed by atoms with Crippen LogP contribution in [0, 0.1) is 5.92 Å². The van der Waals surface area contributed by atoms with Gasteiger partial charge in [-0.1, -0.05) is 6.92 Å². The van der Waals surface area contributed by atoms with Crippen LogP contribution in [0.3, 0.4) is 0 Å². The fraction of sp³-hybridized carbons (Fsp3) is 0.643. The molecule has 1 saturated heterocycles. The highest BCUT2D eigenvalue weighted by molar-refractivity contribution is 5.81. The molecule has 1 aliphatic rings. The summed E-state index contributed by atoms with van der Waals surface area (Å²) in [6, 6.07) is 0. The van der Waals surface area contributed by atoms with E-state index in [9.17, 15) is 5.11 Å². The van der Waals surface area contributed by atoms with E-state index in [0.717, 1.165) is 0 Å². The van der Waals surface area contributed by atoms with Crippen molar-refractivity contribution in [2.24, 2.45) is 5.92 Å². The smallest absolute Gasteiger partial charge is 0.167 e. The van der Waals surface area contributed by atoms with Gasteiger partial charge in [0.05, 0.1) is 32.3 Å². The van der Waals surface area contributed by atoms with Crippen molar-refractivity contribution in [1.82, 2.24) is 19.5 Å². The van der Waals surface area contributed by atoms with E-state index in [1.165, 1.54) is 6.33 Å². The van der Waals surface area contributed by atoms with Gasteiger partial charge in [0.1, 0.15) is 17.9 Å². The number of nitrogens with zero attached hydrogens (tertiary/aromatic N) is 4. The van der Waals surface area contributed by atoms with Gasteiger partial charge in [-0.25, -0.2) is 15.0 Å². The summed E-state index contributed by atoms with van der Waals surface area (Å²) < 4.78 is 18.7. The van der Waals surface area contributed by atoms with E-state index in [-0.39, 0.29) is 24.7 Å². The second-order valence-corrected chi connectivity index (χ2v) is 5.52. The number of hydrogen-bond donors (Lipinski definition) is 2. The van der Waals surface area contributed by atoms with Gasteiger partial charge in [-0.15, -0.1) is 0 Å². The van der Waals surface area contributed by atoms with E-state index in [0.29, 0.717) is 30.2 Å². The van der Waals surface area contributed by atoms with Crippen molar-refractivity contribution in [3.8, 4) is 0 Å². The molecule has 0 saturated carbocycles. The molecular weight excluding hydrogens is 302 g/mol. The Hall–Kier alpha value is -1.81. The van der Waals surface area contributed by atoms with E-state index in [1.54, 1.807) is 18.0 Å². The third kappa shape index (κ3) is 2.88. The molecule has 3 heterocycles. The van der Waals surface area contributed by atoms with Gasteiger partial charge in [0.2, 0.25) is 0 Å². The molecule has 2 aromatic rings. The zero-order valence-corrected chi connectivity index (χ0v) is 13.1. The van der Waals surface area contributed by atoms with Crippen LogP contribution in [0.5, 0.6) is 0 Å². The first kappa shape index (κ1) is 16.1. The molecule has 2 aromatic heterocycles. The Morgan fingerprint density at radius 3 is 2.91 bits per heavy atom. The normalized spacial score (nSPS) is 27.8. The number of nitrogens with two attached hydrogens (primary N) is 1. The third-order valence-corrected chi connectivity index (χ3v) is 4.14. The molecule has 126 valence electrons. The standard InChI is InChI=1S/C14H21N5O4/c1-8-9(5-20)23-14(11(8)22-4-3-21-2)19-7-18-10-12(15)16-6-17-13(10)19/h6-9,11,14,20H,3-5H2,1-2H3,(H2,15,16,17). The number of aliphatic hydroxyl groups excluding tert-OH is 1. The quantitative estimate of drug-likeness (QED) is 0.711. The summed E-state index contributed by atoms with van der Waals surface area (Å²) in [6.07, 6.45) is 1.98. The van der Waals surface area contributed by atoms with E-state index >= 15 is 0 Å². The molecule has 0 amide bonds. The van der Waals surface area contributed by atoms with Crippen LogP contribution in [-0.2, 0) is 14.2 Å². The molecular formula is C14H21N5O4. The number of ether oxygens (including phenoxy) is 3. The molecule has 1 aliphatic heterocycles. The Morgan fingerprint density at radius 2 is 2.17 bits per heavy atom. The second kappa shape index (κ2) is 6.75. The minimum absolute atomic E-state index is 0.0125. The summed E-state index contributed by atoms with van der Waals surface area (Å²) in [6.45, 7) is 2.83. The van der Waals surface area contributed by atoms with E-state index in [1.807, 2.05) is 6.92 Å². The van der Waals surface area contributed by atoms with Gasteiger partial charge >= 0.3 is 0 Å². The van der Waals surface area contributed by atoms with Gasteiger partial charge in [0.25, 0.3) is 0 Å². The monoisotopic (exact) mass is 323 g/mol. The Morgan fingerprint density at radius 1 is 1.35 bits per heavy atom. The van der Waals surface area contributed by atoms with Crippen LogP contribution in [0.25, 0.3) is 11.2 Å². The first-order valence-corrected chi connectivity index (χ1v) is 7.47. The predicted molar refractivity (Wildman–Crippen MR) is 81.5 cm³/mol. The SMILES string of the molecule is COCCOC1C(C)C(CO)OC1n1cnc2c(N)ncnc21. The molecule has 3 rings (SSSR count). The number of fused-ring (bicyclic) bond motifs is 1. The molecule has 4 unspecified atom stereocenters. The number of nitrogen functional groups attached to an aromatic ring is 1. The molecule has 0 spiro atoms. The van der Waals surface area contributed by atoms with Crippen molar-refractivity contribution in [1.29, 1.82) is 0 Å². The van der Waals surface area contributed by atoms with Crippen LogP contribution in [0.2, 0.25) is 0 Å². The molecule has 3 N–H and O–H groups in total. The summed E-state index contributed by atoms with van der Waals surface area (Å²) >= 11 is 0. The highest BCUT2D eigenvalue weighted by atomic mass is 16.6. The molecule has 4 atom stereocenters. The Kier molecular flexibility index (Phi) is 4.71. The van der Waals surface area contributed by atoms with Crippen LogP contribution >= 0.6 is 0 Å². The van der Waals surface area contributed by atoms with E-state index < -0.39 is 6.23 Å². The van der Waals surface area contributed by atoms with Crippen molar-refractivity contribution in [3.63, 3.8) is 0 Å². The largest absolute Gasteiger partial charge is 0.394 e. The first-order chi connectivity index (χ1) is 11.2. The van der Waals surface area contributed by atoms with Crippen LogP contribution in [0.4, 0.5) is 5.82 Å². The van der Waals surface area contributed by atoms with Crippen molar-refractivity contribution in [3.05, 3.63) is 12.7 Å². The summed E-state index contributed by atoms with van der Waals surface area (Å²) in [5, 5.41) is 9.52. The van der Waals surface area contributed by atoms with Gasteiger partial charge in [-0.3, -0.25) is 4.57 Å². The Bertz CT molecular complexity index is 664. The van der Waals surface area contributed by atoms with Gasteiger partial charge in [-0.2, -0.15) is 0 Å². The number of hydrogen-bond acceptors (Lipinski definition) is 8. The van der Waals surface area contributed by atoms with Gasteiger partial charge in [0.15, 0.2) is 17.7 Å². The topological polar surface area (TPSA) is 118 Å². The fourth-order valence-corrected chi connectivity index (χ4v) is 2.84. The summed E-state index contributed by atoms with van der Waals surface area (Å²) in [4.78, 5) is 12.4. The van der Waals surface area contributed by atoms with Gasteiger partial charge in [-0.05, 0) is 0 Å². The number of rotatable bonds is 6. The van der Waals surface area contributed by atoms with Crippen molar-refractivity contribution < 1.29 is 19.3 Å². The molecule has 0 radical (unpaired) electrons. The maximum atomic E-state index is 9.52. The maximum absolute atomic E-state index is 9.52. The van der Waals surface area contributed by atoms with Crippen LogP contribution < -0.4 is 5.73 Å². The van der Waals surface area contributed by atoms with Crippen LogP contribution in [-0.4, -0.2) is 63.8 Å². The lowest BCUT2D eigenvalue weighted by Gasteiger charge is -2.22. The first-order valence-electron chi connectivity index (χ1n) is 7.47. The molecule has 9 nitrogen and oxygen atoms in total. The highest BCUT2D eigenvalue weighted by Crippen LogP contribution is 2.37. The highest BCUT2D eigenvalue weighted by Gasteiger charge is 2.44. The summed E-state index contributed by atoms with van der Waals surface area (Å²) in [5.74, 6) is 0.328. The lowest BCUT2D eigenvalue weighted by molar-refractivity contribution is -0.0757. The predicted octanol–water partition coefficient (Wildman–Crippen LogP) is -0.0341. The minimum atomic E-state index is -0.446. The number of methoxy groups -OCH3 is 1. The third-order valence-electron chi connectivity index (χ3n) is 4.14. The molecule has 1 fully saturated rings. The van der Waals surface area contributed by atoms with E-state index in [2.05, 4.69) is 15.0 Å². The number of aliphatic hydroxyl groups is 1. The second-order valence-electron chi connectivity index (χ2n) is 5.52. The minimum Gasteiger partial charge on any atom is -0.394 e. The lowest BCUT2D eigenvalue weighted by atomic mass is 10.0. The Balaban J connectivity index is 1.92. The number of aromatic nitrogens is 4. The molecule has 0 aliphatic carbocycles. The maximum Gasteiger partial charge on any atom is 0.167 e. The molecule has 23 heavy (non-hydrogen) atoms. The van der Waals surface area contributed by atoms with Crippen molar-refractivity contribution in [2.45, 2.75) is 25.4 Å². The van der Waals surface area contributed by atoms with E-state index in [4.69, 9.17) is 19.9 Å². The van der Waals surface area contributed by atoms with Crippen LogP contribution in [0.15, 0.2) is 12.7 Å². The molecule has 9 heteroatoms. The van der Waals surface area contributed by atoms with Gasteiger partial charge < -0.3 is 25.1 Å². The number of anilines is 1. The van der Waals surface area contributed by atoms with Gasteiger partial charge in [0, 0.05) is 13.0 Å². The average molecular weight is 323 g/mol. The van der Waals surface area contributed by atoms with Crippen LogP contribution in [0.1, 0.15) is 13.2 Å². The molecule has 0 bridgehead atoms. The lowest BCUT2D eigenvalue weighted by Crippen LogP contribution is -2.29. The zero-order valence-electron chi connectivity index (χ0n) is 13.1. The zero-order chi connectivity index (χ0) is 16.4. The summed E-state index contributed by atoms with van der Waals surface area (Å²) in [5.41, 5.74) is 6.92. The number of imidazole rings is 1. The van der Waals surface area contributed by atoms with Crippen molar-refractivity contribution >= 4 is 17.0 Å². The summed E-state index contributed by atoms with van der Waals surface area (Å²) in [7, 11) is 1.62. The fourth-order valence-electron chi connectivity index (χ4n) is 2.84. The Labute approximate surface area is 133 Å². The average Bonchev–Trinajstić information content (AvgIpc) is 3.10. The van der Waals surface area contributed by atoms with Crippen molar-refractivity contribution in [2.75, 3.05) is 32.7 Å². The molecule has 0 aromatic carbocycles.